The van der Waals surface area contributed by atoms with E-state index < -0.39 is 0 Å². The Morgan fingerprint density at radius 2 is 2.03 bits per heavy atom. The molecule has 29 heavy (non-hydrogen) atoms. The van der Waals surface area contributed by atoms with Crippen LogP contribution in [0, 0.1) is 11.8 Å². The summed E-state index contributed by atoms with van der Waals surface area (Å²) in [5.74, 6) is 1.93. The van der Waals surface area contributed by atoms with Crippen LogP contribution < -0.4 is 5.32 Å². The van der Waals surface area contributed by atoms with Crippen molar-refractivity contribution in [2.24, 2.45) is 11.8 Å². The van der Waals surface area contributed by atoms with Gasteiger partial charge in [-0.15, -0.1) is 0 Å². The Balaban J connectivity index is 1.69. The number of rotatable bonds is 10. The average molecular weight is 439 g/mol. The van der Waals surface area contributed by atoms with E-state index in [1.165, 1.54) is 0 Å². The fourth-order valence-corrected chi connectivity index (χ4v) is 4.25. The highest BCUT2D eigenvalue weighted by molar-refractivity contribution is 6.44. The van der Waals surface area contributed by atoms with Gasteiger partial charge in [0.2, 0.25) is 0 Å². The summed E-state index contributed by atoms with van der Waals surface area (Å²) in [6.07, 6.45) is 19.0. The molecule has 1 unspecified atom stereocenters. The summed E-state index contributed by atoms with van der Waals surface area (Å²) in [5.41, 5.74) is 0.113. The van der Waals surface area contributed by atoms with Crippen LogP contribution in [0.15, 0.2) is 58.4 Å². The van der Waals surface area contributed by atoms with E-state index in [4.69, 9.17) is 27.9 Å². The second-order valence-corrected chi connectivity index (χ2v) is 9.53. The van der Waals surface area contributed by atoms with Crippen molar-refractivity contribution in [3.05, 3.63) is 58.4 Å². The Morgan fingerprint density at radius 3 is 2.79 bits per heavy atom. The van der Waals surface area contributed by atoms with Gasteiger partial charge in [-0.2, -0.15) is 0 Å². The van der Waals surface area contributed by atoms with Crippen molar-refractivity contribution in [2.75, 3.05) is 33.8 Å². The molecule has 0 radical (unpaired) electrons. The van der Waals surface area contributed by atoms with Crippen LogP contribution in [0.4, 0.5) is 0 Å². The summed E-state index contributed by atoms with van der Waals surface area (Å²) in [6, 6.07) is 0. The van der Waals surface area contributed by atoms with Crippen molar-refractivity contribution in [1.82, 2.24) is 10.2 Å². The van der Waals surface area contributed by atoms with Gasteiger partial charge in [0, 0.05) is 24.4 Å². The molecule has 0 aromatic rings. The van der Waals surface area contributed by atoms with Crippen LogP contribution in [0.2, 0.25) is 0 Å². The smallest absolute Gasteiger partial charge is 0.0953 e. The molecule has 2 aliphatic carbocycles. The molecule has 0 spiro atoms. The van der Waals surface area contributed by atoms with Crippen LogP contribution in [0.25, 0.3) is 0 Å². The van der Waals surface area contributed by atoms with E-state index >= 15 is 0 Å². The van der Waals surface area contributed by atoms with Gasteiger partial charge in [-0.3, -0.25) is 0 Å². The molecule has 1 N–H and O–H groups in total. The number of nitrogens with zero attached hydrogens (tertiary/aromatic N) is 1. The summed E-state index contributed by atoms with van der Waals surface area (Å²) >= 11 is 12.3. The average Bonchev–Trinajstić information content (AvgIpc) is 2.97. The van der Waals surface area contributed by atoms with Crippen LogP contribution in [-0.2, 0) is 4.74 Å². The maximum absolute atomic E-state index is 6.21. The number of allylic oxidation sites excluding steroid dienone is 7. The predicted molar refractivity (Wildman–Crippen MR) is 126 cm³/mol. The fraction of sp³-hybridized carbons (Fsp3) is 0.583. The first-order chi connectivity index (χ1) is 13.8. The van der Waals surface area contributed by atoms with Crippen molar-refractivity contribution >= 4 is 23.2 Å². The van der Waals surface area contributed by atoms with Crippen LogP contribution in [-0.4, -0.2) is 44.2 Å². The molecule has 0 bridgehead atoms. The molecule has 0 aliphatic heterocycles. The number of methoxy groups -OCH3 is 1. The Labute approximate surface area is 187 Å². The highest BCUT2D eigenvalue weighted by Crippen LogP contribution is 2.26. The van der Waals surface area contributed by atoms with Gasteiger partial charge in [0.25, 0.3) is 0 Å². The zero-order valence-corrected chi connectivity index (χ0v) is 19.8. The first-order valence-corrected chi connectivity index (χ1v) is 11.3. The minimum absolute atomic E-state index is 0.113. The van der Waals surface area contributed by atoms with Gasteiger partial charge in [0.15, 0.2) is 0 Å². The van der Waals surface area contributed by atoms with Crippen LogP contribution in [0.1, 0.15) is 39.5 Å². The lowest BCUT2D eigenvalue weighted by Gasteiger charge is -2.30. The SMILES string of the molecule is COC1=CC[C@H](CC(C)(C)NCCCN(C)CC2C=CC=C(Cl)C(Cl)=C2)C=CC1. The minimum Gasteiger partial charge on any atom is -0.501 e. The number of hydrogen-bond donors (Lipinski definition) is 1. The number of ether oxygens (including phenoxy) is 1. The quantitative estimate of drug-likeness (QED) is 0.334. The molecule has 0 amide bonds. The normalized spacial score (nSPS) is 22.7. The third-order valence-electron chi connectivity index (χ3n) is 5.44. The molecule has 0 aromatic carbocycles. The first-order valence-electron chi connectivity index (χ1n) is 10.5. The monoisotopic (exact) mass is 438 g/mol. The Hall–Kier alpha value is -1.00. The molecule has 0 heterocycles. The molecule has 2 atom stereocenters. The summed E-state index contributed by atoms with van der Waals surface area (Å²) in [5, 5.41) is 4.99. The third kappa shape index (κ3) is 9.13. The number of nitrogens with one attached hydrogen (secondary N) is 1. The number of hydrogen-bond acceptors (Lipinski definition) is 3. The molecule has 5 heteroatoms. The first kappa shape index (κ1) is 24.3. The van der Waals surface area contributed by atoms with Gasteiger partial charge in [-0.1, -0.05) is 53.6 Å². The maximum atomic E-state index is 6.21. The van der Waals surface area contributed by atoms with E-state index in [2.05, 4.69) is 55.4 Å². The third-order valence-corrected chi connectivity index (χ3v) is 6.20. The lowest BCUT2D eigenvalue weighted by atomic mass is 9.88. The lowest BCUT2D eigenvalue weighted by Crippen LogP contribution is -2.42. The van der Waals surface area contributed by atoms with Gasteiger partial charge < -0.3 is 15.0 Å². The maximum Gasteiger partial charge on any atom is 0.0953 e. The van der Waals surface area contributed by atoms with Crippen molar-refractivity contribution in [2.45, 2.75) is 45.1 Å². The molecular formula is C24H36Cl2N2O. The Bertz CT molecular complexity index is 676. The molecular weight excluding hydrogens is 403 g/mol. The topological polar surface area (TPSA) is 24.5 Å². The molecule has 2 rings (SSSR count). The van der Waals surface area contributed by atoms with Crippen molar-refractivity contribution in [1.29, 1.82) is 0 Å². The Morgan fingerprint density at radius 1 is 1.24 bits per heavy atom. The standard InChI is InChI=1S/C24H36Cl2N2O/c1-24(2,17-19-8-5-10-21(29-4)13-12-19)27-14-7-15-28(3)18-20-9-6-11-22(25)23(26)16-20/h5-6,8-9,11,13,16,19-20,27H,7,10,12,14-15,17-18H2,1-4H3/t19-,20?/m1/s1. The molecule has 0 fully saturated rings. The van der Waals surface area contributed by atoms with E-state index in [1.807, 2.05) is 18.2 Å². The van der Waals surface area contributed by atoms with E-state index in [-0.39, 0.29) is 11.5 Å². The largest absolute Gasteiger partial charge is 0.501 e. The van der Waals surface area contributed by atoms with Crippen LogP contribution in [0.5, 0.6) is 0 Å². The second-order valence-electron chi connectivity index (χ2n) is 8.71. The second kappa shape index (κ2) is 12.0. The van der Waals surface area contributed by atoms with Gasteiger partial charge in [-0.05, 0) is 71.3 Å². The molecule has 2 aliphatic rings. The van der Waals surface area contributed by atoms with Crippen molar-refractivity contribution < 1.29 is 4.74 Å². The highest BCUT2D eigenvalue weighted by atomic mass is 35.5. The molecule has 0 saturated carbocycles. The number of halogens is 2. The van der Waals surface area contributed by atoms with Crippen LogP contribution in [0.3, 0.4) is 0 Å². The van der Waals surface area contributed by atoms with E-state index in [0.29, 0.717) is 16.0 Å². The van der Waals surface area contributed by atoms with Crippen molar-refractivity contribution in [3.63, 3.8) is 0 Å². The summed E-state index contributed by atoms with van der Waals surface area (Å²) in [4.78, 5) is 2.36. The van der Waals surface area contributed by atoms with Gasteiger partial charge in [0.1, 0.15) is 0 Å². The minimum atomic E-state index is 0.113. The van der Waals surface area contributed by atoms with Gasteiger partial charge in [0.05, 0.1) is 22.9 Å². The van der Waals surface area contributed by atoms with Crippen molar-refractivity contribution in [3.8, 4) is 0 Å². The van der Waals surface area contributed by atoms with Crippen LogP contribution >= 0.6 is 23.2 Å². The molecule has 0 saturated heterocycles. The van der Waals surface area contributed by atoms with Gasteiger partial charge in [-0.25, -0.2) is 0 Å². The van der Waals surface area contributed by atoms with E-state index in [1.54, 1.807) is 7.11 Å². The summed E-state index contributed by atoms with van der Waals surface area (Å²) in [7, 11) is 3.92. The molecule has 162 valence electrons. The molecule has 3 nitrogen and oxygen atoms in total. The Kier molecular flexibility index (Phi) is 10.0. The summed E-state index contributed by atoms with van der Waals surface area (Å²) in [6.45, 7) is 7.60. The predicted octanol–water partition coefficient (Wildman–Crippen LogP) is 5.99. The zero-order valence-electron chi connectivity index (χ0n) is 18.3. The van der Waals surface area contributed by atoms with E-state index in [9.17, 15) is 0 Å². The van der Waals surface area contributed by atoms with Gasteiger partial charge >= 0.3 is 0 Å². The molecule has 0 aromatic heterocycles. The summed E-state index contributed by atoms with van der Waals surface area (Å²) < 4.78 is 5.39. The highest BCUT2D eigenvalue weighted by Gasteiger charge is 2.22. The lowest BCUT2D eigenvalue weighted by molar-refractivity contribution is 0.279. The zero-order chi connectivity index (χ0) is 21.3. The fourth-order valence-electron chi connectivity index (χ4n) is 3.89. The van der Waals surface area contributed by atoms with E-state index in [0.717, 1.165) is 51.1 Å².